The molecule has 2 heterocycles. The zero-order valence-electron chi connectivity index (χ0n) is 20.9. The molecule has 2 aromatic rings. The van der Waals surface area contributed by atoms with Crippen molar-refractivity contribution in [3.05, 3.63) is 56.7 Å². The van der Waals surface area contributed by atoms with Crippen LogP contribution in [-0.4, -0.2) is 48.5 Å². The number of Topliss-reactive ketones (excluding diaryl/α,β-unsaturated/α-hetero) is 1. The molecule has 5 rings (SSSR count). The number of methoxy groups -OCH3 is 1. The molecule has 7 nitrogen and oxygen atoms in total. The molecule has 2 bridgehead atoms. The monoisotopic (exact) mass is 553 g/mol. The largest absolute Gasteiger partial charge is 0.468 e. The van der Waals surface area contributed by atoms with Crippen molar-refractivity contribution in [3.63, 3.8) is 0 Å². The van der Waals surface area contributed by atoms with Gasteiger partial charge < -0.3 is 4.74 Å². The maximum atomic E-state index is 12.3. The first kappa shape index (κ1) is 27.3. The summed E-state index contributed by atoms with van der Waals surface area (Å²) in [6, 6.07) is 9.16. The second-order valence-electron chi connectivity index (χ2n) is 10.5. The van der Waals surface area contributed by atoms with Crippen LogP contribution in [0.5, 0.6) is 0 Å². The van der Waals surface area contributed by atoms with Gasteiger partial charge in [0.15, 0.2) is 5.78 Å². The number of nitrogens with zero attached hydrogens (tertiary/aromatic N) is 1. The minimum atomic E-state index is -4.24. The Balaban J connectivity index is 0.000000179. The Kier molecular flexibility index (Phi) is 7.45. The minimum absolute atomic E-state index is 0.231. The van der Waals surface area contributed by atoms with Crippen LogP contribution >= 0.6 is 22.9 Å². The highest BCUT2D eigenvalue weighted by molar-refractivity contribution is 7.87. The zero-order chi connectivity index (χ0) is 26.5. The number of esters is 1. The molecule has 0 spiro atoms. The molecule has 3 unspecified atom stereocenters. The van der Waals surface area contributed by atoms with E-state index in [9.17, 15) is 18.0 Å². The Morgan fingerprint density at radius 1 is 1.25 bits per heavy atom. The first-order valence-electron chi connectivity index (χ1n) is 11.9. The van der Waals surface area contributed by atoms with Crippen molar-refractivity contribution < 1.29 is 27.3 Å². The van der Waals surface area contributed by atoms with E-state index in [1.54, 1.807) is 11.3 Å². The molecule has 2 saturated carbocycles. The molecule has 1 aromatic heterocycles. The van der Waals surface area contributed by atoms with Gasteiger partial charge in [0.05, 0.1) is 7.11 Å². The number of carbonyl (C=O) groups excluding carboxylic acids is 2. The molecule has 2 fully saturated rings. The van der Waals surface area contributed by atoms with Gasteiger partial charge in [-0.3, -0.25) is 14.2 Å². The summed E-state index contributed by atoms with van der Waals surface area (Å²) >= 11 is 8.07. The predicted octanol–water partition coefficient (Wildman–Crippen LogP) is 4.94. The fourth-order valence-electron chi connectivity index (χ4n) is 6.12. The van der Waals surface area contributed by atoms with E-state index >= 15 is 0 Å². The Hall–Kier alpha value is -1.78. The van der Waals surface area contributed by atoms with Crippen molar-refractivity contribution in [2.45, 2.75) is 57.9 Å². The number of hydrogen-bond acceptors (Lipinski definition) is 7. The normalized spacial score (nSPS) is 27.7. The van der Waals surface area contributed by atoms with Crippen molar-refractivity contribution >= 4 is 44.8 Å². The summed E-state index contributed by atoms with van der Waals surface area (Å²) in [6.45, 7) is 7.25. The minimum Gasteiger partial charge on any atom is -0.468 e. The van der Waals surface area contributed by atoms with Gasteiger partial charge in [0, 0.05) is 28.4 Å². The summed E-state index contributed by atoms with van der Waals surface area (Å²) in [6.07, 6.45) is 2.40. The quantitative estimate of drug-likeness (QED) is 0.422. The second kappa shape index (κ2) is 9.83. The van der Waals surface area contributed by atoms with Crippen LogP contribution in [0.1, 0.15) is 55.7 Å². The molecule has 0 amide bonds. The molecule has 4 atom stereocenters. The van der Waals surface area contributed by atoms with E-state index in [2.05, 4.69) is 16.3 Å². The lowest BCUT2D eigenvalue weighted by atomic mass is 9.70. The van der Waals surface area contributed by atoms with Crippen LogP contribution in [0.4, 0.5) is 0 Å². The number of thiophene rings is 1. The summed E-state index contributed by atoms with van der Waals surface area (Å²) < 4.78 is 36.5. The Bertz CT molecular complexity index is 1270. The maximum absolute atomic E-state index is 12.3. The Morgan fingerprint density at radius 3 is 2.50 bits per heavy atom. The molecule has 0 saturated heterocycles. The van der Waals surface area contributed by atoms with E-state index in [4.69, 9.17) is 20.9 Å². The lowest BCUT2D eigenvalue weighted by molar-refractivity contribution is -0.147. The van der Waals surface area contributed by atoms with E-state index < -0.39 is 26.8 Å². The van der Waals surface area contributed by atoms with Gasteiger partial charge in [-0.25, -0.2) is 4.79 Å². The van der Waals surface area contributed by atoms with E-state index in [1.165, 1.54) is 17.6 Å². The number of benzene rings is 1. The SMILES string of the molecule is CC12CCC(C(S(=O)(=O)O)C1=O)C2(C)C.COC(=O)[C@H](c1ccccc1Cl)N1CCc2sccc2C1. The van der Waals surface area contributed by atoms with Gasteiger partial charge in [-0.05, 0) is 59.2 Å². The third-order valence-corrected chi connectivity index (χ3v) is 11.2. The van der Waals surface area contributed by atoms with E-state index in [0.29, 0.717) is 11.4 Å². The van der Waals surface area contributed by atoms with Crippen LogP contribution in [0.3, 0.4) is 0 Å². The highest BCUT2D eigenvalue weighted by atomic mass is 35.5. The van der Waals surface area contributed by atoms with Crippen molar-refractivity contribution in [2.75, 3.05) is 13.7 Å². The summed E-state index contributed by atoms with van der Waals surface area (Å²) in [7, 11) is -2.82. The third kappa shape index (κ3) is 4.53. The molecule has 1 aromatic carbocycles. The number of carbonyl (C=O) groups is 2. The van der Waals surface area contributed by atoms with Crippen molar-refractivity contribution in [1.29, 1.82) is 0 Å². The number of rotatable bonds is 4. The van der Waals surface area contributed by atoms with Crippen LogP contribution in [0, 0.1) is 16.7 Å². The average molecular weight is 554 g/mol. The summed E-state index contributed by atoms with van der Waals surface area (Å²) in [4.78, 5) is 27.9. The Labute approximate surface area is 221 Å². The lowest BCUT2D eigenvalue weighted by Crippen LogP contribution is -2.38. The standard InChI is InChI=1S/C16H16ClNO2S.C10H16O4S/c1-20-16(19)15(12-4-2-3-5-13(12)17)18-8-6-14-11(10-18)7-9-21-14;1-9(2)6-4-5-10(9,3)8(11)7(6)15(12,13)14/h2-5,7,9,15H,6,8,10H2,1H3;6-7H,4-5H2,1-3H3,(H,12,13,14)/t15-;/m0./s1. The molecule has 196 valence electrons. The molecular weight excluding hydrogens is 522 g/mol. The van der Waals surface area contributed by atoms with Crippen molar-refractivity contribution in [2.24, 2.45) is 16.7 Å². The van der Waals surface area contributed by atoms with Crippen LogP contribution < -0.4 is 0 Å². The van der Waals surface area contributed by atoms with Crippen LogP contribution in [-0.2, 0) is 37.4 Å². The molecule has 10 heteroatoms. The van der Waals surface area contributed by atoms with Gasteiger partial charge in [0.25, 0.3) is 10.1 Å². The summed E-state index contributed by atoms with van der Waals surface area (Å²) in [5.41, 5.74) is 1.19. The molecular formula is C26H32ClNO6S2. The first-order chi connectivity index (χ1) is 16.8. The number of hydrogen-bond donors (Lipinski definition) is 1. The number of ketones is 1. The zero-order valence-corrected chi connectivity index (χ0v) is 23.3. The van der Waals surface area contributed by atoms with Gasteiger partial charge >= 0.3 is 5.97 Å². The van der Waals surface area contributed by atoms with E-state index in [-0.39, 0.29) is 23.1 Å². The van der Waals surface area contributed by atoms with Gasteiger partial charge in [0.1, 0.15) is 11.3 Å². The lowest BCUT2D eigenvalue weighted by Gasteiger charge is -2.33. The van der Waals surface area contributed by atoms with Gasteiger partial charge in [-0.15, -0.1) is 11.3 Å². The fourth-order valence-corrected chi connectivity index (χ4v) is 8.67. The fraction of sp³-hybridized carbons (Fsp3) is 0.538. The molecule has 1 aliphatic heterocycles. The van der Waals surface area contributed by atoms with Crippen LogP contribution in [0.15, 0.2) is 35.7 Å². The molecule has 36 heavy (non-hydrogen) atoms. The van der Waals surface area contributed by atoms with Crippen molar-refractivity contribution in [1.82, 2.24) is 4.90 Å². The van der Waals surface area contributed by atoms with E-state index in [1.807, 2.05) is 45.0 Å². The van der Waals surface area contributed by atoms with Crippen LogP contribution in [0.25, 0.3) is 0 Å². The topological polar surface area (TPSA) is 101 Å². The first-order valence-corrected chi connectivity index (χ1v) is 14.7. The molecule has 2 aliphatic carbocycles. The average Bonchev–Trinajstić information content (AvgIpc) is 3.42. The molecule has 1 N–H and O–H groups in total. The van der Waals surface area contributed by atoms with Crippen molar-refractivity contribution in [3.8, 4) is 0 Å². The second-order valence-corrected chi connectivity index (χ2v) is 13.5. The number of halogens is 1. The third-order valence-electron chi connectivity index (χ3n) is 8.62. The van der Waals surface area contributed by atoms with Crippen LogP contribution in [0.2, 0.25) is 5.02 Å². The number of fused-ring (bicyclic) bond motifs is 3. The Morgan fingerprint density at radius 2 is 1.94 bits per heavy atom. The summed E-state index contributed by atoms with van der Waals surface area (Å²) in [5.74, 6) is -0.793. The van der Waals surface area contributed by atoms with Gasteiger partial charge in [-0.2, -0.15) is 8.42 Å². The summed E-state index contributed by atoms with van der Waals surface area (Å²) in [5, 5.41) is 1.52. The predicted molar refractivity (Wildman–Crippen MR) is 140 cm³/mol. The van der Waals surface area contributed by atoms with E-state index in [0.717, 1.165) is 31.5 Å². The highest BCUT2D eigenvalue weighted by Gasteiger charge is 2.69. The maximum Gasteiger partial charge on any atom is 0.327 e. The molecule has 0 radical (unpaired) electrons. The van der Waals surface area contributed by atoms with Gasteiger partial charge in [-0.1, -0.05) is 50.6 Å². The number of ether oxygens (including phenoxy) is 1. The highest BCUT2D eigenvalue weighted by Crippen LogP contribution is 2.64. The van der Waals surface area contributed by atoms with Gasteiger partial charge in [0.2, 0.25) is 0 Å². The smallest absolute Gasteiger partial charge is 0.327 e. The molecule has 3 aliphatic rings.